The van der Waals surface area contributed by atoms with E-state index in [-0.39, 0.29) is 5.30 Å². The van der Waals surface area contributed by atoms with Gasteiger partial charge < -0.3 is 10.00 Å². The van der Waals surface area contributed by atoms with Gasteiger partial charge in [-0.25, -0.2) is 0 Å². The summed E-state index contributed by atoms with van der Waals surface area (Å²) >= 11 is 0. The van der Waals surface area contributed by atoms with E-state index in [1.54, 1.807) is 57.2 Å². The van der Waals surface area contributed by atoms with Gasteiger partial charge in [0, 0.05) is 12.4 Å². The van der Waals surface area contributed by atoms with Crippen molar-refractivity contribution in [2.75, 3.05) is 0 Å². The average Bonchev–Trinajstić information content (AvgIpc) is 2.52. The molecule has 1 aromatic heterocycles. The maximum atomic E-state index is 13.3. The maximum absolute atomic E-state index is 13.3. The molecular formula is C18H22NO4P. The number of carboxylic acid groups (broad SMARTS) is 1. The molecule has 0 saturated carbocycles. The summed E-state index contributed by atoms with van der Waals surface area (Å²) in [4.78, 5) is 26.8. The predicted octanol–water partition coefficient (Wildman–Crippen LogP) is 3.26. The van der Waals surface area contributed by atoms with Gasteiger partial charge in [-0.1, -0.05) is 51.1 Å². The fourth-order valence-corrected chi connectivity index (χ4v) is 5.66. The number of hydrogen-bond acceptors (Lipinski definition) is 3. The lowest BCUT2D eigenvalue weighted by atomic mass is 9.80. The van der Waals surface area contributed by atoms with Crippen molar-refractivity contribution in [3.8, 4) is 0 Å². The Morgan fingerprint density at radius 2 is 1.75 bits per heavy atom. The van der Waals surface area contributed by atoms with E-state index in [0.29, 0.717) is 5.56 Å². The first-order valence-electron chi connectivity index (χ1n) is 7.66. The molecule has 6 heteroatoms. The third kappa shape index (κ3) is 3.74. The Labute approximate surface area is 141 Å². The fourth-order valence-electron chi connectivity index (χ4n) is 3.05. The molecule has 2 aromatic rings. The van der Waals surface area contributed by atoms with E-state index in [0.717, 1.165) is 0 Å². The summed E-state index contributed by atoms with van der Waals surface area (Å²) in [7, 11) is -4.00. The highest BCUT2D eigenvalue weighted by Crippen LogP contribution is 2.57. The minimum atomic E-state index is -4.00. The number of benzene rings is 1. The highest BCUT2D eigenvalue weighted by atomic mass is 31.2. The van der Waals surface area contributed by atoms with Gasteiger partial charge in [0.15, 0.2) is 0 Å². The largest absolute Gasteiger partial charge is 0.481 e. The van der Waals surface area contributed by atoms with Crippen molar-refractivity contribution in [2.24, 2.45) is 5.41 Å². The van der Waals surface area contributed by atoms with E-state index in [1.165, 1.54) is 18.5 Å². The van der Waals surface area contributed by atoms with Crippen molar-refractivity contribution in [3.63, 3.8) is 0 Å². The smallest absolute Gasteiger partial charge is 0.311 e. The Balaban J connectivity index is 2.64. The highest BCUT2D eigenvalue weighted by molar-refractivity contribution is 7.66. The first-order chi connectivity index (χ1) is 11.2. The van der Waals surface area contributed by atoms with Crippen LogP contribution in [0.15, 0.2) is 54.9 Å². The Bertz CT molecular complexity index is 741. The summed E-state index contributed by atoms with van der Waals surface area (Å²) in [6.07, 6.45) is 2.85. The van der Waals surface area contributed by atoms with E-state index in [9.17, 15) is 19.4 Å². The second-order valence-corrected chi connectivity index (χ2v) is 9.19. The molecule has 2 rings (SSSR count). The summed E-state index contributed by atoms with van der Waals surface area (Å²) in [5, 5.41) is 10.00. The van der Waals surface area contributed by atoms with Gasteiger partial charge in [-0.15, -0.1) is 0 Å². The van der Waals surface area contributed by atoms with Crippen LogP contribution in [0.3, 0.4) is 0 Å². The quantitative estimate of drug-likeness (QED) is 0.811. The Morgan fingerprint density at radius 3 is 2.21 bits per heavy atom. The van der Waals surface area contributed by atoms with Crippen LogP contribution in [-0.4, -0.2) is 26.6 Å². The molecule has 0 amide bonds. The topological polar surface area (TPSA) is 87.5 Å². The van der Waals surface area contributed by atoms with Gasteiger partial charge in [-0.2, -0.15) is 0 Å². The van der Waals surface area contributed by atoms with Crippen LogP contribution in [0.4, 0.5) is 0 Å². The first-order valence-corrected chi connectivity index (χ1v) is 9.39. The monoisotopic (exact) mass is 347 g/mol. The van der Waals surface area contributed by atoms with Crippen LogP contribution >= 0.6 is 7.37 Å². The van der Waals surface area contributed by atoms with E-state index in [2.05, 4.69) is 4.98 Å². The summed E-state index contributed by atoms with van der Waals surface area (Å²) in [5.41, 5.74) is -1.18. The van der Waals surface area contributed by atoms with Crippen molar-refractivity contribution in [1.29, 1.82) is 0 Å². The minimum absolute atomic E-state index is 0.173. The molecular weight excluding hydrogens is 325 g/mol. The van der Waals surface area contributed by atoms with Crippen LogP contribution in [-0.2, 0) is 9.36 Å². The van der Waals surface area contributed by atoms with Crippen molar-refractivity contribution in [3.05, 3.63) is 60.4 Å². The van der Waals surface area contributed by atoms with Crippen LogP contribution in [0.1, 0.15) is 32.3 Å². The number of hydrogen-bond donors (Lipinski definition) is 2. The summed E-state index contributed by atoms with van der Waals surface area (Å²) in [6, 6.07) is 11.7. The third-order valence-corrected chi connectivity index (χ3v) is 6.85. The van der Waals surface area contributed by atoms with Crippen LogP contribution in [0.2, 0.25) is 0 Å². The minimum Gasteiger partial charge on any atom is -0.481 e. The van der Waals surface area contributed by atoms with Gasteiger partial charge >= 0.3 is 5.97 Å². The number of carbonyl (C=O) groups is 1. The summed E-state index contributed by atoms with van der Waals surface area (Å²) < 4.78 is 13.3. The fraction of sp³-hybridized carbons (Fsp3) is 0.333. The number of pyridine rings is 1. The van der Waals surface area contributed by atoms with E-state index in [1.807, 2.05) is 0 Å². The molecule has 0 radical (unpaired) electrons. The lowest BCUT2D eigenvalue weighted by molar-refractivity contribution is -0.139. The molecule has 1 aromatic carbocycles. The van der Waals surface area contributed by atoms with Gasteiger partial charge in [-0.05, 0) is 23.1 Å². The van der Waals surface area contributed by atoms with Crippen LogP contribution < -0.4 is 5.30 Å². The number of aliphatic carboxylic acids is 1. The zero-order valence-corrected chi connectivity index (χ0v) is 14.9. The van der Waals surface area contributed by atoms with E-state index < -0.39 is 30.3 Å². The standard InChI is InChI=1S/C18H22NO4P/c1-18(2,3)16(24(22,23)14-10-7-11-19-12-14)15(17(20)21)13-8-5-4-6-9-13/h4-12,15-16H,1-3H3,(H,20,21)(H,22,23). The highest BCUT2D eigenvalue weighted by Gasteiger charge is 2.49. The molecule has 24 heavy (non-hydrogen) atoms. The van der Waals surface area contributed by atoms with Crippen LogP contribution in [0.5, 0.6) is 0 Å². The molecule has 2 N–H and O–H groups in total. The van der Waals surface area contributed by atoms with Gasteiger partial charge in [-0.3, -0.25) is 14.3 Å². The zero-order chi connectivity index (χ0) is 18.0. The molecule has 3 unspecified atom stereocenters. The lowest BCUT2D eigenvalue weighted by Crippen LogP contribution is -2.39. The summed E-state index contributed by atoms with van der Waals surface area (Å²) in [6.45, 7) is 5.36. The van der Waals surface area contributed by atoms with Crippen molar-refractivity contribution < 1.29 is 19.4 Å². The third-order valence-electron chi connectivity index (χ3n) is 4.02. The van der Waals surface area contributed by atoms with Crippen molar-refractivity contribution >= 4 is 18.6 Å². The predicted molar refractivity (Wildman–Crippen MR) is 93.8 cm³/mol. The molecule has 0 aliphatic carbocycles. The average molecular weight is 347 g/mol. The second-order valence-electron chi connectivity index (χ2n) is 6.87. The van der Waals surface area contributed by atoms with E-state index in [4.69, 9.17) is 0 Å². The van der Waals surface area contributed by atoms with Gasteiger partial charge in [0.25, 0.3) is 0 Å². The number of rotatable bonds is 5. The molecule has 0 aliphatic rings. The first kappa shape index (κ1) is 18.4. The molecule has 0 bridgehead atoms. The number of aromatic nitrogens is 1. The molecule has 3 atom stereocenters. The molecule has 5 nitrogen and oxygen atoms in total. The normalized spacial score (nSPS) is 16.8. The number of nitrogens with zero attached hydrogens (tertiary/aromatic N) is 1. The molecule has 1 heterocycles. The molecule has 0 fully saturated rings. The Kier molecular flexibility index (Phi) is 5.26. The summed E-state index contributed by atoms with van der Waals surface area (Å²) in [5.74, 6) is -2.21. The molecule has 128 valence electrons. The molecule has 0 aliphatic heterocycles. The maximum Gasteiger partial charge on any atom is 0.311 e. The van der Waals surface area contributed by atoms with Crippen LogP contribution in [0, 0.1) is 5.41 Å². The molecule has 0 spiro atoms. The molecule has 0 saturated heterocycles. The van der Waals surface area contributed by atoms with Crippen LogP contribution in [0.25, 0.3) is 0 Å². The van der Waals surface area contributed by atoms with Gasteiger partial charge in [0.05, 0.1) is 16.9 Å². The zero-order valence-electron chi connectivity index (χ0n) is 14.0. The Morgan fingerprint density at radius 1 is 1.12 bits per heavy atom. The Hall–Kier alpha value is -1.97. The van der Waals surface area contributed by atoms with Crippen molar-refractivity contribution in [1.82, 2.24) is 4.98 Å². The second kappa shape index (κ2) is 6.88. The number of carboxylic acids is 1. The van der Waals surface area contributed by atoms with Crippen molar-refractivity contribution in [2.45, 2.75) is 32.3 Å². The lowest BCUT2D eigenvalue weighted by Gasteiger charge is -2.38. The van der Waals surface area contributed by atoms with Gasteiger partial charge in [0.1, 0.15) is 0 Å². The SMILES string of the molecule is CC(C)(C)C(C(C(=O)O)c1ccccc1)P(=O)(O)c1cccnc1. The van der Waals surface area contributed by atoms with Gasteiger partial charge in [0.2, 0.25) is 7.37 Å². The van der Waals surface area contributed by atoms with E-state index >= 15 is 0 Å².